The first-order valence-electron chi connectivity index (χ1n) is 2.20. The van der Waals surface area contributed by atoms with Crippen LogP contribution in [-0.4, -0.2) is 10.1 Å². The molecule has 0 bridgehead atoms. The van der Waals surface area contributed by atoms with E-state index in [4.69, 9.17) is 5.11 Å². The highest BCUT2D eigenvalue weighted by Gasteiger charge is 1.98. The van der Waals surface area contributed by atoms with Crippen molar-refractivity contribution in [3.8, 4) is 5.88 Å². The predicted molar refractivity (Wildman–Crippen MR) is 33.6 cm³/mol. The molecular formula is C5H3BrFNO. The van der Waals surface area contributed by atoms with E-state index in [1.807, 2.05) is 0 Å². The standard InChI is InChI=1S/C5H3BrFNO/c6-3-1-5(9)8-2-4(3)7/h1-2H,(H,8,9). The second-order valence-electron chi connectivity index (χ2n) is 1.46. The molecule has 0 aliphatic rings. The summed E-state index contributed by atoms with van der Waals surface area (Å²) in [5.41, 5.74) is 0. The Bertz CT molecular complexity index is 228. The monoisotopic (exact) mass is 191 g/mol. The fourth-order valence-corrected chi connectivity index (χ4v) is 0.711. The molecule has 0 aromatic carbocycles. The number of aromatic nitrogens is 1. The van der Waals surface area contributed by atoms with Crippen molar-refractivity contribution >= 4 is 15.9 Å². The van der Waals surface area contributed by atoms with Crippen LogP contribution in [0.1, 0.15) is 0 Å². The zero-order valence-electron chi connectivity index (χ0n) is 4.31. The number of rotatable bonds is 0. The molecule has 2 nitrogen and oxygen atoms in total. The second-order valence-corrected chi connectivity index (χ2v) is 2.31. The molecule has 0 unspecified atom stereocenters. The quantitative estimate of drug-likeness (QED) is 0.678. The molecule has 0 radical (unpaired) electrons. The highest BCUT2D eigenvalue weighted by atomic mass is 79.9. The van der Waals surface area contributed by atoms with Crippen LogP contribution >= 0.6 is 15.9 Å². The third kappa shape index (κ3) is 1.38. The van der Waals surface area contributed by atoms with E-state index in [-0.39, 0.29) is 10.4 Å². The Balaban J connectivity index is 3.17. The lowest BCUT2D eigenvalue weighted by molar-refractivity contribution is 0.448. The summed E-state index contributed by atoms with van der Waals surface area (Å²) in [6.45, 7) is 0. The van der Waals surface area contributed by atoms with Gasteiger partial charge in [-0.1, -0.05) is 0 Å². The Morgan fingerprint density at radius 1 is 1.67 bits per heavy atom. The smallest absolute Gasteiger partial charge is 0.212 e. The molecule has 1 heterocycles. The Morgan fingerprint density at radius 3 is 2.78 bits per heavy atom. The van der Waals surface area contributed by atoms with Crippen LogP contribution in [0.5, 0.6) is 5.88 Å². The molecular weight excluding hydrogens is 189 g/mol. The lowest BCUT2D eigenvalue weighted by atomic mass is 10.5. The summed E-state index contributed by atoms with van der Waals surface area (Å²) < 4.78 is 12.5. The predicted octanol–water partition coefficient (Wildman–Crippen LogP) is 1.69. The van der Waals surface area contributed by atoms with Crippen molar-refractivity contribution in [2.24, 2.45) is 0 Å². The molecule has 1 aromatic rings. The molecule has 0 amide bonds. The van der Waals surface area contributed by atoms with E-state index >= 15 is 0 Å². The molecule has 0 spiro atoms. The van der Waals surface area contributed by atoms with Gasteiger partial charge in [-0.3, -0.25) is 0 Å². The molecule has 0 fully saturated rings. The van der Waals surface area contributed by atoms with Gasteiger partial charge in [0.2, 0.25) is 5.88 Å². The first-order chi connectivity index (χ1) is 4.20. The molecule has 1 aromatic heterocycles. The van der Waals surface area contributed by atoms with Crippen LogP contribution in [0.25, 0.3) is 0 Å². The fraction of sp³-hybridized carbons (Fsp3) is 0. The fourth-order valence-electron chi connectivity index (χ4n) is 0.404. The molecule has 1 N–H and O–H groups in total. The Hall–Kier alpha value is -0.640. The van der Waals surface area contributed by atoms with Crippen molar-refractivity contribution in [2.45, 2.75) is 0 Å². The highest BCUT2D eigenvalue weighted by molar-refractivity contribution is 9.10. The minimum absolute atomic E-state index is 0.191. The zero-order valence-corrected chi connectivity index (χ0v) is 5.89. The van der Waals surface area contributed by atoms with E-state index in [2.05, 4.69) is 20.9 Å². The van der Waals surface area contributed by atoms with E-state index in [9.17, 15) is 4.39 Å². The van der Waals surface area contributed by atoms with Crippen LogP contribution in [-0.2, 0) is 0 Å². The van der Waals surface area contributed by atoms with Crippen LogP contribution in [0.4, 0.5) is 4.39 Å². The maximum absolute atomic E-state index is 12.3. The van der Waals surface area contributed by atoms with Gasteiger partial charge in [0.05, 0.1) is 10.7 Å². The molecule has 48 valence electrons. The lowest BCUT2D eigenvalue weighted by Gasteiger charge is -1.91. The van der Waals surface area contributed by atoms with Crippen molar-refractivity contribution in [2.75, 3.05) is 0 Å². The summed E-state index contributed by atoms with van der Waals surface area (Å²) in [4.78, 5) is 3.29. The average molecular weight is 192 g/mol. The average Bonchev–Trinajstić information content (AvgIpc) is 1.80. The number of nitrogens with zero attached hydrogens (tertiary/aromatic N) is 1. The maximum atomic E-state index is 12.3. The summed E-state index contributed by atoms with van der Waals surface area (Å²) >= 11 is 2.87. The summed E-state index contributed by atoms with van der Waals surface area (Å²) in [6, 6.07) is 1.19. The van der Waals surface area contributed by atoms with Crippen molar-refractivity contribution in [3.05, 3.63) is 22.6 Å². The van der Waals surface area contributed by atoms with E-state index in [0.717, 1.165) is 6.20 Å². The summed E-state index contributed by atoms with van der Waals surface area (Å²) in [5, 5.41) is 8.63. The van der Waals surface area contributed by atoms with Crippen LogP contribution in [0.3, 0.4) is 0 Å². The summed E-state index contributed by atoms with van der Waals surface area (Å²) in [7, 11) is 0. The van der Waals surface area contributed by atoms with Gasteiger partial charge in [0.25, 0.3) is 0 Å². The van der Waals surface area contributed by atoms with Crippen LogP contribution in [0, 0.1) is 5.82 Å². The van der Waals surface area contributed by atoms with Gasteiger partial charge in [-0.25, -0.2) is 9.37 Å². The van der Waals surface area contributed by atoms with Gasteiger partial charge < -0.3 is 5.11 Å². The van der Waals surface area contributed by atoms with Crippen molar-refractivity contribution in [1.82, 2.24) is 4.98 Å². The van der Waals surface area contributed by atoms with Gasteiger partial charge in [-0.2, -0.15) is 0 Å². The highest BCUT2D eigenvalue weighted by Crippen LogP contribution is 2.17. The van der Waals surface area contributed by atoms with Crippen molar-refractivity contribution in [1.29, 1.82) is 0 Å². The van der Waals surface area contributed by atoms with E-state index in [1.165, 1.54) is 6.07 Å². The number of hydrogen-bond donors (Lipinski definition) is 1. The lowest BCUT2D eigenvalue weighted by Crippen LogP contribution is -1.78. The number of halogens is 2. The minimum atomic E-state index is -0.479. The largest absolute Gasteiger partial charge is 0.493 e. The minimum Gasteiger partial charge on any atom is -0.493 e. The van der Waals surface area contributed by atoms with Gasteiger partial charge >= 0.3 is 0 Å². The van der Waals surface area contributed by atoms with Gasteiger partial charge in [0.15, 0.2) is 5.82 Å². The van der Waals surface area contributed by atoms with E-state index < -0.39 is 5.82 Å². The third-order valence-electron chi connectivity index (χ3n) is 0.794. The van der Waals surface area contributed by atoms with Crippen LogP contribution < -0.4 is 0 Å². The van der Waals surface area contributed by atoms with Gasteiger partial charge in [0, 0.05) is 6.07 Å². The van der Waals surface area contributed by atoms with Crippen LogP contribution in [0.2, 0.25) is 0 Å². The Morgan fingerprint density at radius 2 is 2.33 bits per heavy atom. The molecule has 0 saturated carbocycles. The SMILES string of the molecule is Oc1cc(Br)c(F)cn1. The second kappa shape index (κ2) is 2.31. The first kappa shape index (κ1) is 6.48. The molecule has 0 aliphatic carbocycles. The first-order valence-corrected chi connectivity index (χ1v) is 2.99. The van der Waals surface area contributed by atoms with E-state index in [0.29, 0.717) is 0 Å². The van der Waals surface area contributed by atoms with Crippen molar-refractivity contribution < 1.29 is 9.50 Å². The molecule has 4 heteroatoms. The molecule has 9 heavy (non-hydrogen) atoms. The molecule has 1 rings (SSSR count). The number of pyridine rings is 1. The van der Waals surface area contributed by atoms with Gasteiger partial charge in [-0.15, -0.1) is 0 Å². The molecule has 0 aliphatic heterocycles. The van der Waals surface area contributed by atoms with Gasteiger partial charge in [0.1, 0.15) is 0 Å². The zero-order chi connectivity index (χ0) is 6.85. The van der Waals surface area contributed by atoms with Crippen LogP contribution in [0.15, 0.2) is 16.7 Å². The number of aromatic hydroxyl groups is 1. The third-order valence-corrected chi connectivity index (χ3v) is 1.40. The summed E-state index contributed by atoms with van der Waals surface area (Å²) in [5.74, 6) is -0.670. The van der Waals surface area contributed by atoms with Gasteiger partial charge in [-0.05, 0) is 15.9 Å². The Kier molecular flexibility index (Phi) is 1.66. The molecule has 0 atom stereocenters. The molecule has 0 saturated heterocycles. The van der Waals surface area contributed by atoms with E-state index in [1.54, 1.807) is 0 Å². The van der Waals surface area contributed by atoms with Crippen molar-refractivity contribution in [3.63, 3.8) is 0 Å². The Labute approximate surface area is 59.5 Å². The maximum Gasteiger partial charge on any atom is 0.212 e. The normalized spacial score (nSPS) is 9.56. The number of hydrogen-bond acceptors (Lipinski definition) is 2. The topological polar surface area (TPSA) is 33.1 Å². The summed E-state index contributed by atoms with van der Waals surface area (Å²) in [6.07, 6.45) is 0.944.